The number of sulfone groups is 1. The van der Waals surface area contributed by atoms with Crippen LogP contribution in [0, 0.1) is 5.92 Å². The lowest BCUT2D eigenvalue weighted by Gasteiger charge is -2.15. The normalized spacial score (nSPS) is 13.4. The molecule has 0 fully saturated rings. The zero-order valence-electron chi connectivity index (χ0n) is 32.0. The molecule has 1 aliphatic rings. The van der Waals surface area contributed by atoms with Crippen LogP contribution < -0.4 is 16.3 Å². The van der Waals surface area contributed by atoms with Crippen LogP contribution in [0.15, 0.2) is 17.6 Å². The van der Waals surface area contributed by atoms with Crippen molar-refractivity contribution in [2.75, 3.05) is 24.6 Å². The van der Waals surface area contributed by atoms with Gasteiger partial charge in [0.1, 0.15) is 23.1 Å². The molecule has 13 heteroatoms. The average Bonchev–Trinajstić information content (AvgIpc) is 3.84. The van der Waals surface area contributed by atoms with Gasteiger partial charge in [-0.1, -0.05) is 84.0 Å². The molecule has 1 amide bonds. The number of hydrazone groups is 1. The van der Waals surface area contributed by atoms with Crippen LogP contribution in [0.25, 0.3) is 0 Å². The lowest BCUT2D eigenvalue weighted by atomic mass is 9.90. The van der Waals surface area contributed by atoms with Crippen molar-refractivity contribution >= 4 is 38.8 Å². The largest absolute Gasteiger partial charge is 0.356 e. The molecule has 0 saturated heterocycles. The molecule has 12 nitrogen and oxygen atoms in total. The first-order valence-corrected chi connectivity index (χ1v) is 22.0. The van der Waals surface area contributed by atoms with Gasteiger partial charge in [-0.05, 0) is 51.4 Å². The van der Waals surface area contributed by atoms with Gasteiger partial charge in [-0.3, -0.25) is 19.2 Å². The number of ketones is 3. The summed E-state index contributed by atoms with van der Waals surface area (Å²) in [5, 5.41) is 7.02. The van der Waals surface area contributed by atoms with Crippen molar-refractivity contribution in [3.8, 4) is 0 Å². The van der Waals surface area contributed by atoms with Crippen molar-refractivity contribution < 1.29 is 27.6 Å². The number of Topliss-reactive ketones (excluding diaryl/α,β-unsaturated/α-hetero) is 3. The predicted octanol–water partition coefficient (Wildman–Crippen LogP) is 6.65. The maximum Gasteiger partial charge on any atom is 0.220 e. The van der Waals surface area contributed by atoms with Crippen LogP contribution in [-0.2, 0) is 35.4 Å². The van der Waals surface area contributed by atoms with Gasteiger partial charge in [-0.15, -0.1) is 0 Å². The number of hydrazine groups is 1. The number of carbonyl (C=O) groups excluding carboxylic acids is 4. The fourth-order valence-electron chi connectivity index (χ4n) is 6.62. The maximum atomic E-state index is 12.4. The van der Waals surface area contributed by atoms with Crippen molar-refractivity contribution in [3.05, 3.63) is 18.2 Å². The number of nitrogens with one attached hydrogen (secondary N) is 4. The third-order valence-corrected chi connectivity index (χ3v) is 11.5. The van der Waals surface area contributed by atoms with Crippen molar-refractivity contribution in [3.63, 3.8) is 0 Å². The van der Waals surface area contributed by atoms with Gasteiger partial charge in [0.15, 0.2) is 9.84 Å². The third-order valence-electron chi connectivity index (χ3n) is 9.85. The van der Waals surface area contributed by atoms with Crippen molar-refractivity contribution in [1.29, 1.82) is 0 Å². The molecular formula is C39H68N6O6S. The van der Waals surface area contributed by atoms with Crippen LogP contribution in [0.4, 0.5) is 0 Å². The summed E-state index contributed by atoms with van der Waals surface area (Å²) >= 11 is 0. The first-order chi connectivity index (χ1) is 25.2. The van der Waals surface area contributed by atoms with Gasteiger partial charge in [-0.25, -0.2) is 24.4 Å². The summed E-state index contributed by atoms with van der Waals surface area (Å²) in [6.07, 6.45) is 25.0. The lowest BCUT2D eigenvalue weighted by Crippen LogP contribution is -2.26. The molecule has 296 valence electrons. The number of aromatic nitrogens is 2. The summed E-state index contributed by atoms with van der Waals surface area (Å²) in [4.78, 5) is 56.2. The Bertz CT molecular complexity index is 1280. The van der Waals surface area contributed by atoms with Crippen LogP contribution >= 0.6 is 0 Å². The Morgan fingerprint density at radius 1 is 0.750 bits per heavy atom. The minimum absolute atomic E-state index is 0.0956. The van der Waals surface area contributed by atoms with E-state index < -0.39 is 15.6 Å². The third kappa shape index (κ3) is 23.6. The number of carbonyl (C=O) groups is 4. The summed E-state index contributed by atoms with van der Waals surface area (Å²) in [5.74, 6) is -0.898. The molecule has 1 aliphatic heterocycles. The average molecular weight is 749 g/mol. The Labute approximate surface area is 313 Å². The van der Waals surface area contributed by atoms with Crippen LogP contribution in [0.5, 0.6) is 0 Å². The Morgan fingerprint density at radius 2 is 1.42 bits per heavy atom. The molecule has 52 heavy (non-hydrogen) atoms. The van der Waals surface area contributed by atoms with Crippen LogP contribution in [-0.4, -0.2) is 71.9 Å². The van der Waals surface area contributed by atoms with Gasteiger partial charge in [-0.2, -0.15) is 5.10 Å². The SMILES string of the molecule is CCC(=O)[C@@H](CCCCNC(=O)CCCS(=O)(=O)CC(=O)CCCCCCCCCCCCCCCC1=NNNC1)CCC(=O)CCc1cnc[nH]1. The van der Waals surface area contributed by atoms with E-state index in [2.05, 4.69) is 31.3 Å². The monoisotopic (exact) mass is 748 g/mol. The minimum Gasteiger partial charge on any atom is -0.356 e. The van der Waals surface area contributed by atoms with E-state index in [-0.39, 0.29) is 47.8 Å². The molecule has 0 bridgehead atoms. The summed E-state index contributed by atoms with van der Waals surface area (Å²) in [7, 11) is -3.52. The second-order valence-electron chi connectivity index (χ2n) is 14.5. The number of unbranched alkanes of at least 4 members (excludes halogenated alkanes) is 13. The number of rotatable bonds is 35. The fraction of sp³-hybridized carbons (Fsp3) is 0.795. The van der Waals surface area contributed by atoms with Gasteiger partial charge >= 0.3 is 0 Å². The second kappa shape index (κ2) is 28.6. The van der Waals surface area contributed by atoms with E-state index in [0.29, 0.717) is 57.9 Å². The minimum atomic E-state index is -3.52. The number of nitrogens with zero attached hydrogens (tertiary/aromatic N) is 2. The van der Waals surface area contributed by atoms with Crippen molar-refractivity contribution in [1.82, 2.24) is 26.2 Å². The number of imidazole rings is 1. The Kier molecular flexibility index (Phi) is 24.8. The number of aromatic amines is 1. The van der Waals surface area contributed by atoms with Crippen molar-refractivity contribution in [2.45, 2.75) is 167 Å². The van der Waals surface area contributed by atoms with E-state index in [1.807, 2.05) is 6.92 Å². The van der Waals surface area contributed by atoms with Crippen LogP contribution in [0.3, 0.4) is 0 Å². The highest BCUT2D eigenvalue weighted by Crippen LogP contribution is 2.19. The zero-order valence-corrected chi connectivity index (χ0v) is 32.8. The molecule has 0 unspecified atom stereocenters. The summed E-state index contributed by atoms with van der Waals surface area (Å²) in [5.41, 5.74) is 7.94. The molecule has 1 aromatic rings. The highest BCUT2D eigenvalue weighted by molar-refractivity contribution is 7.92. The van der Waals surface area contributed by atoms with Gasteiger partial charge in [0.2, 0.25) is 5.91 Å². The highest BCUT2D eigenvalue weighted by atomic mass is 32.2. The Balaban J connectivity index is 1.39. The molecule has 0 aliphatic carbocycles. The molecule has 4 N–H and O–H groups in total. The van der Waals surface area contributed by atoms with Crippen LogP contribution in [0.1, 0.15) is 167 Å². The second-order valence-corrected chi connectivity index (χ2v) is 16.7. The predicted molar refractivity (Wildman–Crippen MR) is 208 cm³/mol. The molecule has 2 rings (SSSR count). The Hall–Kier alpha value is -2.93. The fourth-order valence-corrected chi connectivity index (χ4v) is 7.99. The van der Waals surface area contributed by atoms with E-state index in [4.69, 9.17) is 0 Å². The maximum absolute atomic E-state index is 12.4. The number of amides is 1. The number of hydrogen-bond acceptors (Lipinski definition) is 10. The number of hydrogen-bond donors (Lipinski definition) is 4. The smallest absolute Gasteiger partial charge is 0.220 e. The molecule has 1 aromatic heterocycles. The highest BCUT2D eigenvalue weighted by Gasteiger charge is 2.19. The summed E-state index contributed by atoms with van der Waals surface area (Å²) in [6, 6.07) is 0. The van der Waals surface area contributed by atoms with E-state index in [1.165, 1.54) is 63.5 Å². The van der Waals surface area contributed by atoms with Gasteiger partial charge in [0.05, 0.1) is 24.3 Å². The first kappa shape index (κ1) is 45.2. The first-order valence-electron chi connectivity index (χ1n) is 20.2. The van der Waals surface area contributed by atoms with E-state index in [9.17, 15) is 27.6 Å². The van der Waals surface area contributed by atoms with Crippen molar-refractivity contribution in [2.24, 2.45) is 11.0 Å². The van der Waals surface area contributed by atoms with E-state index >= 15 is 0 Å². The van der Waals surface area contributed by atoms with E-state index in [1.54, 1.807) is 12.5 Å². The number of H-pyrrole nitrogens is 1. The Morgan fingerprint density at radius 3 is 2.04 bits per heavy atom. The molecular weight excluding hydrogens is 681 g/mol. The standard InChI is InChI=1S/C39H68N6O6S/c1-2-38(48)33(23-25-36(46)26-24-34-29-40-32-42-34)19-16-17-27-41-39(49)22-18-28-52(50,51)31-37(47)21-15-13-11-9-7-5-3-4-6-8-10-12-14-20-35-30-43-45-44-35/h29,32-33,43,45H,2-28,30-31H2,1H3,(H,40,42)(H,41,49)/t33-/m0/s1. The molecule has 0 saturated carbocycles. The number of aryl methyl sites for hydroxylation is 1. The van der Waals surface area contributed by atoms with Gasteiger partial charge in [0, 0.05) is 56.5 Å². The molecule has 0 spiro atoms. The topological polar surface area (TPSA) is 180 Å². The molecule has 2 heterocycles. The summed E-state index contributed by atoms with van der Waals surface area (Å²) in [6.45, 7) is 3.16. The molecule has 0 radical (unpaired) electrons. The van der Waals surface area contributed by atoms with Crippen LogP contribution in [0.2, 0.25) is 0 Å². The zero-order chi connectivity index (χ0) is 37.7. The molecule has 0 aromatic carbocycles. The van der Waals surface area contributed by atoms with E-state index in [0.717, 1.165) is 50.8 Å². The summed E-state index contributed by atoms with van der Waals surface area (Å²) < 4.78 is 24.9. The molecule has 1 atom stereocenters. The van der Waals surface area contributed by atoms with Gasteiger partial charge < -0.3 is 10.3 Å². The quantitative estimate of drug-likeness (QED) is 0.0553. The van der Waals surface area contributed by atoms with Gasteiger partial charge in [0.25, 0.3) is 0 Å². The lowest BCUT2D eigenvalue weighted by molar-refractivity contribution is -0.124.